The summed E-state index contributed by atoms with van der Waals surface area (Å²) in [5.41, 5.74) is 2.31. The number of ether oxygens (including phenoxy) is 2. The lowest BCUT2D eigenvalue weighted by Crippen LogP contribution is -2.27. The number of aromatic nitrogens is 2. The van der Waals surface area contributed by atoms with Crippen molar-refractivity contribution in [3.63, 3.8) is 0 Å². The maximum Gasteiger partial charge on any atom is 0.219 e. The largest absolute Gasteiger partial charge is 0.497 e. The van der Waals surface area contributed by atoms with Crippen LogP contribution in [0.1, 0.15) is 35.2 Å². The van der Waals surface area contributed by atoms with Crippen LogP contribution in [0.3, 0.4) is 0 Å². The summed E-state index contributed by atoms with van der Waals surface area (Å²) in [5, 5.41) is 16.6. The Morgan fingerprint density at radius 1 is 1.13 bits per heavy atom. The van der Waals surface area contributed by atoms with Crippen LogP contribution >= 0.6 is 11.3 Å². The SMILES string of the molecule is COc1ccc([C@@H]2Nc3nonc3NC3=C2C(=O)C[C@@H](c2cccs2)C3)c(OC)c1. The summed E-state index contributed by atoms with van der Waals surface area (Å²) in [7, 11) is 3.20. The summed E-state index contributed by atoms with van der Waals surface area (Å²) in [6.07, 6.45) is 1.15. The molecule has 0 spiro atoms. The number of benzene rings is 1. The Morgan fingerprint density at radius 3 is 2.77 bits per heavy atom. The molecule has 1 aliphatic carbocycles. The van der Waals surface area contributed by atoms with Gasteiger partial charge in [0.15, 0.2) is 5.78 Å². The first-order chi connectivity index (χ1) is 14.7. The minimum Gasteiger partial charge on any atom is -0.497 e. The lowest BCUT2D eigenvalue weighted by atomic mass is 9.80. The van der Waals surface area contributed by atoms with Gasteiger partial charge in [0.1, 0.15) is 11.5 Å². The Morgan fingerprint density at radius 2 is 2.00 bits per heavy atom. The third-order valence-corrected chi connectivity index (χ3v) is 6.57. The molecule has 154 valence electrons. The third-order valence-electron chi connectivity index (χ3n) is 5.53. The van der Waals surface area contributed by atoms with Crippen LogP contribution < -0.4 is 20.1 Å². The highest BCUT2D eigenvalue weighted by Crippen LogP contribution is 2.46. The van der Waals surface area contributed by atoms with Crippen molar-refractivity contribution in [2.24, 2.45) is 0 Å². The van der Waals surface area contributed by atoms with E-state index in [0.29, 0.717) is 41.5 Å². The van der Waals surface area contributed by atoms with Gasteiger partial charge in [0.2, 0.25) is 11.6 Å². The number of fused-ring (bicyclic) bond motifs is 1. The number of anilines is 2. The topological polar surface area (TPSA) is 98.5 Å². The van der Waals surface area contributed by atoms with Gasteiger partial charge in [0, 0.05) is 40.1 Å². The van der Waals surface area contributed by atoms with Crippen molar-refractivity contribution in [2.75, 3.05) is 24.9 Å². The number of ketones is 1. The number of thiophene rings is 1. The number of rotatable bonds is 4. The van der Waals surface area contributed by atoms with Crippen molar-refractivity contribution in [3.05, 3.63) is 57.4 Å². The van der Waals surface area contributed by atoms with Gasteiger partial charge in [0.25, 0.3) is 0 Å². The van der Waals surface area contributed by atoms with E-state index in [1.165, 1.54) is 4.88 Å². The molecule has 0 bridgehead atoms. The zero-order valence-corrected chi connectivity index (χ0v) is 17.3. The molecule has 0 saturated carbocycles. The van der Waals surface area contributed by atoms with E-state index >= 15 is 0 Å². The second-order valence-corrected chi connectivity index (χ2v) is 8.19. The molecule has 3 aromatic rings. The van der Waals surface area contributed by atoms with E-state index in [1.54, 1.807) is 31.6 Å². The summed E-state index contributed by atoms with van der Waals surface area (Å²) in [6, 6.07) is 9.19. The average Bonchev–Trinajstić information content (AvgIpc) is 3.42. The van der Waals surface area contributed by atoms with E-state index in [-0.39, 0.29) is 11.7 Å². The first-order valence-corrected chi connectivity index (χ1v) is 10.4. The number of hydrogen-bond donors (Lipinski definition) is 2. The van der Waals surface area contributed by atoms with E-state index in [9.17, 15) is 4.79 Å². The van der Waals surface area contributed by atoms with Gasteiger partial charge < -0.3 is 20.1 Å². The Kier molecular flexibility index (Phi) is 4.66. The number of methoxy groups -OCH3 is 2. The van der Waals surface area contributed by atoms with Crippen LogP contribution in [0.15, 0.2) is 51.6 Å². The molecule has 2 aromatic heterocycles. The van der Waals surface area contributed by atoms with Gasteiger partial charge in [-0.05, 0) is 40.3 Å². The van der Waals surface area contributed by atoms with Crippen LogP contribution in [0.25, 0.3) is 0 Å². The van der Waals surface area contributed by atoms with E-state index < -0.39 is 6.04 Å². The molecule has 0 amide bonds. The zero-order chi connectivity index (χ0) is 20.7. The monoisotopic (exact) mass is 424 g/mol. The average molecular weight is 424 g/mol. The molecule has 1 aromatic carbocycles. The molecule has 0 unspecified atom stereocenters. The Hall–Kier alpha value is -3.33. The summed E-state index contributed by atoms with van der Waals surface area (Å²) in [5.74, 6) is 2.42. The molecule has 1 aliphatic heterocycles. The van der Waals surface area contributed by atoms with Gasteiger partial charge in [-0.2, -0.15) is 0 Å². The van der Waals surface area contributed by atoms with Gasteiger partial charge in [-0.3, -0.25) is 4.79 Å². The molecule has 0 radical (unpaired) electrons. The van der Waals surface area contributed by atoms with Gasteiger partial charge in [-0.15, -0.1) is 11.3 Å². The number of allylic oxidation sites excluding steroid dienone is 1. The van der Waals surface area contributed by atoms with Crippen molar-refractivity contribution >= 4 is 28.8 Å². The van der Waals surface area contributed by atoms with Crippen molar-refractivity contribution in [2.45, 2.75) is 24.8 Å². The van der Waals surface area contributed by atoms with Crippen LogP contribution in [0.4, 0.5) is 11.6 Å². The highest BCUT2D eigenvalue weighted by atomic mass is 32.1. The first-order valence-electron chi connectivity index (χ1n) is 9.55. The minimum atomic E-state index is -0.460. The summed E-state index contributed by atoms with van der Waals surface area (Å²) in [4.78, 5) is 14.6. The molecule has 0 saturated heterocycles. The summed E-state index contributed by atoms with van der Waals surface area (Å²) < 4.78 is 15.9. The zero-order valence-electron chi connectivity index (χ0n) is 16.5. The number of hydrogen-bond acceptors (Lipinski definition) is 9. The Bertz CT molecular complexity index is 1120. The maximum absolute atomic E-state index is 13.4. The Balaban J connectivity index is 1.63. The molecular weight excluding hydrogens is 404 g/mol. The number of carbonyl (C=O) groups excluding carboxylic acids is 1. The number of carbonyl (C=O) groups is 1. The maximum atomic E-state index is 13.4. The van der Waals surface area contributed by atoms with E-state index in [1.807, 2.05) is 23.6 Å². The second kappa shape index (κ2) is 7.49. The lowest BCUT2D eigenvalue weighted by molar-refractivity contribution is -0.116. The van der Waals surface area contributed by atoms with Gasteiger partial charge in [-0.25, -0.2) is 4.63 Å². The predicted octanol–water partition coefficient (Wildman–Crippen LogP) is 4.13. The van der Waals surface area contributed by atoms with Gasteiger partial charge >= 0.3 is 0 Å². The van der Waals surface area contributed by atoms with Crippen LogP contribution in [0.5, 0.6) is 11.5 Å². The van der Waals surface area contributed by atoms with Crippen LogP contribution in [0, 0.1) is 0 Å². The first kappa shape index (κ1) is 18.7. The molecular formula is C21H20N4O4S. The van der Waals surface area contributed by atoms with Crippen LogP contribution in [0.2, 0.25) is 0 Å². The third kappa shape index (κ3) is 3.11. The number of nitrogens with zero attached hydrogens (tertiary/aromatic N) is 2. The normalized spacial score (nSPS) is 20.5. The quantitative estimate of drug-likeness (QED) is 0.645. The predicted molar refractivity (Wildman–Crippen MR) is 112 cm³/mol. The molecule has 30 heavy (non-hydrogen) atoms. The fraction of sp³-hybridized carbons (Fsp3) is 0.286. The molecule has 2 aliphatic rings. The lowest BCUT2D eigenvalue weighted by Gasteiger charge is -2.29. The van der Waals surface area contributed by atoms with Crippen molar-refractivity contribution in [1.29, 1.82) is 0 Å². The standard InChI is InChI=1S/C21H20N4O4S/c1-27-12-5-6-13(16(10-12)28-2)19-18-14(22-20-21(23-19)25-29-24-20)8-11(9-15(18)26)17-4-3-7-30-17/h3-7,10-11,19H,8-9H2,1-2H3,(H,22,24)(H,23,25)/t11-,19-/m0/s1. The smallest absolute Gasteiger partial charge is 0.219 e. The molecule has 5 rings (SSSR count). The summed E-state index contributed by atoms with van der Waals surface area (Å²) in [6.45, 7) is 0. The fourth-order valence-corrected chi connectivity index (χ4v) is 4.95. The summed E-state index contributed by atoms with van der Waals surface area (Å²) >= 11 is 1.67. The van der Waals surface area contributed by atoms with Crippen LogP contribution in [-0.2, 0) is 4.79 Å². The second-order valence-electron chi connectivity index (χ2n) is 7.21. The minimum absolute atomic E-state index is 0.0830. The van der Waals surface area contributed by atoms with Crippen molar-refractivity contribution in [1.82, 2.24) is 10.3 Å². The molecule has 2 atom stereocenters. The van der Waals surface area contributed by atoms with Gasteiger partial charge in [0.05, 0.1) is 20.3 Å². The van der Waals surface area contributed by atoms with E-state index in [4.69, 9.17) is 14.1 Å². The number of Topliss-reactive ketones (excluding diaryl/α,β-unsaturated/α-hetero) is 1. The highest BCUT2D eigenvalue weighted by Gasteiger charge is 2.38. The van der Waals surface area contributed by atoms with Crippen LogP contribution in [-0.4, -0.2) is 30.3 Å². The molecule has 2 N–H and O–H groups in total. The Labute approximate surface area is 176 Å². The van der Waals surface area contributed by atoms with E-state index in [2.05, 4.69) is 27.0 Å². The molecule has 8 nitrogen and oxygen atoms in total. The van der Waals surface area contributed by atoms with Crippen molar-refractivity contribution < 1.29 is 18.9 Å². The highest BCUT2D eigenvalue weighted by molar-refractivity contribution is 7.10. The fourth-order valence-electron chi connectivity index (χ4n) is 4.12. The molecule has 0 fully saturated rings. The van der Waals surface area contributed by atoms with Crippen molar-refractivity contribution in [3.8, 4) is 11.5 Å². The van der Waals surface area contributed by atoms with Gasteiger partial charge in [-0.1, -0.05) is 6.07 Å². The molecule has 3 heterocycles. The number of nitrogens with one attached hydrogen (secondary N) is 2. The molecule has 9 heteroatoms. The van der Waals surface area contributed by atoms with E-state index in [0.717, 1.165) is 11.3 Å².